The molecule has 0 saturated heterocycles. The van der Waals surface area contributed by atoms with Gasteiger partial charge in [-0.05, 0) is 43.7 Å². The summed E-state index contributed by atoms with van der Waals surface area (Å²) in [5.74, 6) is -3.33. The number of nitrogens with two attached hydrogens (primary N) is 1. The number of benzene rings is 1. The van der Waals surface area contributed by atoms with Gasteiger partial charge < -0.3 is 11.1 Å². The molecule has 1 saturated carbocycles. The van der Waals surface area contributed by atoms with Crippen LogP contribution in [0.5, 0.6) is 0 Å². The van der Waals surface area contributed by atoms with Gasteiger partial charge >= 0.3 is 0 Å². The van der Waals surface area contributed by atoms with Crippen LogP contribution in [-0.4, -0.2) is 12.6 Å². The Morgan fingerprint density at radius 1 is 1.06 bits per heavy atom. The molecular formula is C13H17F3N2. The van der Waals surface area contributed by atoms with E-state index < -0.39 is 17.5 Å². The fraction of sp³-hybridized carbons (Fsp3) is 0.538. The first kappa shape index (κ1) is 13.2. The van der Waals surface area contributed by atoms with Gasteiger partial charge in [-0.2, -0.15) is 0 Å². The van der Waals surface area contributed by atoms with Crippen LogP contribution in [0.25, 0.3) is 0 Å². The zero-order valence-electron chi connectivity index (χ0n) is 10.1. The maximum Gasteiger partial charge on any atom is 0.196 e. The van der Waals surface area contributed by atoms with Crippen LogP contribution in [0, 0.1) is 23.4 Å². The second-order valence-electron chi connectivity index (χ2n) is 4.88. The molecule has 1 aliphatic carbocycles. The fourth-order valence-electron chi connectivity index (χ4n) is 2.31. The molecule has 100 valence electrons. The minimum atomic E-state index is -1.43. The number of hydrogen-bond acceptors (Lipinski definition) is 2. The summed E-state index contributed by atoms with van der Waals surface area (Å²) in [4.78, 5) is 0. The topological polar surface area (TPSA) is 38.0 Å². The molecule has 1 fully saturated rings. The van der Waals surface area contributed by atoms with E-state index in [1.165, 1.54) is 6.07 Å². The van der Waals surface area contributed by atoms with E-state index in [1.807, 2.05) is 0 Å². The molecule has 0 amide bonds. The molecule has 2 nitrogen and oxygen atoms in total. The Labute approximate surface area is 104 Å². The van der Waals surface area contributed by atoms with Crippen molar-refractivity contribution < 1.29 is 13.2 Å². The van der Waals surface area contributed by atoms with Crippen molar-refractivity contribution in [1.29, 1.82) is 0 Å². The smallest absolute Gasteiger partial charge is 0.196 e. The fourth-order valence-corrected chi connectivity index (χ4v) is 2.31. The lowest BCUT2D eigenvalue weighted by molar-refractivity contribution is 0.338. The van der Waals surface area contributed by atoms with Gasteiger partial charge in [-0.1, -0.05) is 0 Å². The normalized spacial score (nSPS) is 24.0. The van der Waals surface area contributed by atoms with E-state index in [2.05, 4.69) is 5.32 Å². The summed E-state index contributed by atoms with van der Waals surface area (Å²) in [5.41, 5.74) is 5.81. The molecule has 0 spiro atoms. The van der Waals surface area contributed by atoms with Crippen molar-refractivity contribution in [1.82, 2.24) is 0 Å². The summed E-state index contributed by atoms with van der Waals surface area (Å²) in [7, 11) is 0. The van der Waals surface area contributed by atoms with Crippen LogP contribution in [0.2, 0.25) is 0 Å². The van der Waals surface area contributed by atoms with Crippen molar-refractivity contribution in [2.45, 2.75) is 31.7 Å². The number of rotatable bonds is 3. The molecule has 2 rings (SSSR count). The molecule has 0 atom stereocenters. The van der Waals surface area contributed by atoms with E-state index in [4.69, 9.17) is 5.73 Å². The van der Waals surface area contributed by atoms with Gasteiger partial charge in [-0.25, -0.2) is 13.2 Å². The van der Waals surface area contributed by atoms with Crippen LogP contribution in [0.15, 0.2) is 12.1 Å². The van der Waals surface area contributed by atoms with Gasteiger partial charge in [0, 0.05) is 12.6 Å². The van der Waals surface area contributed by atoms with Crippen molar-refractivity contribution >= 4 is 5.69 Å². The second kappa shape index (κ2) is 5.61. The minimum Gasteiger partial charge on any atom is -0.382 e. The van der Waals surface area contributed by atoms with Crippen molar-refractivity contribution in [2.75, 3.05) is 11.9 Å². The monoisotopic (exact) mass is 258 g/mol. The molecule has 1 aliphatic rings. The Hall–Kier alpha value is -1.23. The first-order valence-corrected chi connectivity index (χ1v) is 6.21. The Morgan fingerprint density at radius 2 is 1.72 bits per heavy atom. The summed E-state index contributed by atoms with van der Waals surface area (Å²) in [5, 5.41) is 2.84. The third kappa shape index (κ3) is 2.96. The molecule has 5 heteroatoms. The van der Waals surface area contributed by atoms with Crippen LogP contribution in [0.3, 0.4) is 0 Å². The van der Waals surface area contributed by atoms with Crippen LogP contribution in [0.1, 0.15) is 25.7 Å². The molecule has 0 aliphatic heterocycles. The summed E-state index contributed by atoms with van der Waals surface area (Å²) in [6.07, 6.45) is 3.90. The average Bonchev–Trinajstić information content (AvgIpc) is 2.37. The van der Waals surface area contributed by atoms with Crippen LogP contribution in [0.4, 0.5) is 18.9 Å². The molecule has 3 N–H and O–H groups in total. The van der Waals surface area contributed by atoms with E-state index in [-0.39, 0.29) is 11.7 Å². The third-order valence-corrected chi connectivity index (χ3v) is 3.51. The molecule has 0 radical (unpaired) electrons. The van der Waals surface area contributed by atoms with E-state index in [9.17, 15) is 13.2 Å². The lowest BCUT2D eigenvalue weighted by atomic mass is 9.86. The van der Waals surface area contributed by atoms with Gasteiger partial charge in [0.25, 0.3) is 0 Å². The SMILES string of the molecule is N[C@H]1CC[C@H](CNc2ccc(F)c(F)c2F)CC1. The molecule has 0 bridgehead atoms. The molecule has 0 aromatic heterocycles. The highest BCUT2D eigenvalue weighted by Crippen LogP contribution is 2.25. The standard InChI is InChI=1S/C13H17F3N2/c14-10-5-6-11(13(16)12(10)15)18-7-8-1-3-9(17)4-2-8/h5-6,8-9,18H,1-4,7,17H2/t8-,9-. The highest BCUT2D eigenvalue weighted by atomic mass is 19.2. The van der Waals surface area contributed by atoms with E-state index in [0.717, 1.165) is 31.7 Å². The minimum absolute atomic E-state index is 0.0174. The van der Waals surface area contributed by atoms with Gasteiger partial charge in [0.1, 0.15) is 0 Å². The highest BCUT2D eigenvalue weighted by Gasteiger charge is 2.19. The largest absolute Gasteiger partial charge is 0.382 e. The van der Waals surface area contributed by atoms with E-state index in [1.54, 1.807) is 0 Å². The predicted molar refractivity (Wildman–Crippen MR) is 64.7 cm³/mol. The molecule has 0 unspecified atom stereocenters. The van der Waals surface area contributed by atoms with Crippen LogP contribution < -0.4 is 11.1 Å². The maximum atomic E-state index is 13.4. The summed E-state index contributed by atoms with van der Waals surface area (Å²) in [6, 6.07) is 2.42. The van der Waals surface area contributed by atoms with Crippen molar-refractivity contribution in [2.24, 2.45) is 11.7 Å². The van der Waals surface area contributed by atoms with Crippen LogP contribution in [-0.2, 0) is 0 Å². The predicted octanol–water partition coefficient (Wildman–Crippen LogP) is 3.03. The zero-order valence-corrected chi connectivity index (χ0v) is 10.1. The second-order valence-corrected chi connectivity index (χ2v) is 4.88. The number of halogens is 3. The number of nitrogens with one attached hydrogen (secondary N) is 1. The van der Waals surface area contributed by atoms with Gasteiger partial charge in [0.05, 0.1) is 5.69 Å². The number of hydrogen-bond donors (Lipinski definition) is 2. The van der Waals surface area contributed by atoms with Gasteiger partial charge in [0.15, 0.2) is 17.5 Å². The lowest BCUT2D eigenvalue weighted by Crippen LogP contribution is -2.29. The van der Waals surface area contributed by atoms with Crippen LogP contribution >= 0.6 is 0 Å². The lowest BCUT2D eigenvalue weighted by Gasteiger charge is -2.26. The summed E-state index contributed by atoms with van der Waals surface area (Å²) >= 11 is 0. The Kier molecular flexibility index (Phi) is 4.11. The van der Waals surface area contributed by atoms with Gasteiger partial charge in [-0.15, -0.1) is 0 Å². The maximum absolute atomic E-state index is 13.4. The molecule has 18 heavy (non-hydrogen) atoms. The Morgan fingerprint density at radius 3 is 2.39 bits per heavy atom. The van der Waals surface area contributed by atoms with Gasteiger partial charge in [-0.3, -0.25) is 0 Å². The highest BCUT2D eigenvalue weighted by molar-refractivity contribution is 5.45. The average molecular weight is 258 g/mol. The first-order chi connectivity index (χ1) is 8.58. The quantitative estimate of drug-likeness (QED) is 0.818. The molecule has 1 aromatic carbocycles. The number of anilines is 1. The first-order valence-electron chi connectivity index (χ1n) is 6.21. The van der Waals surface area contributed by atoms with E-state index >= 15 is 0 Å². The third-order valence-electron chi connectivity index (χ3n) is 3.51. The van der Waals surface area contributed by atoms with Gasteiger partial charge in [0.2, 0.25) is 0 Å². The molecule has 0 heterocycles. The van der Waals surface area contributed by atoms with Crippen molar-refractivity contribution in [3.63, 3.8) is 0 Å². The Balaban J connectivity index is 1.92. The molecule has 1 aromatic rings. The molecular weight excluding hydrogens is 241 g/mol. The van der Waals surface area contributed by atoms with Crippen molar-refractivity contribution in [3.8, 4) is 0 Å². The summed E-state index contributed by atoms with van der Waals surface area (Å²) < 4.78 is 39.1. The van der Waals surface area contributed by atoms with E-state index in [0.29, 0.717) is 12.5 Å². The summed E-state index contributed by atoms with van der Waals surface area (Å²) in [6.45, 7) is 0.564. The zero-order chi connectivity index (χ0) is 13.1. The van der Waals surface area contributed by atoms with Crippen molar-refractivity contribution in [3.05, 3.63) is 29.6 Å². The Bertz CT molecular complexity index is 415.